The van der Waals surface area contributed by atoms with E-state index in [9.17, 15) is 68.7 Å². The number of nitrogens with one attached hydrogen (secondary N) is 16. The first-order valence-electron chi connectivity index (χ1n) is 37.0. The van der Waals surface area contributed by atoms with Gasteiger partial charge in [-0.15, -0.1) is 0 Å². The summed E-state index contributed by atoms with van der Waals surface area (Å²) in [7, 11) is 0. The summed E-state index contributed by atoms with van der Waals surface area (Å²) in [6, 6.07) is 26.5. The van der Waals surface area contributed by atoms with E-state index in [-0.39, 0.29) is 94.8 Å². The molecule has 6 aromatic carbocycles. The molecule has 7 rings (SSSR count). The molecule has 0 spiro atoms. The maximum Gasteiger partial charge on any atom is 0.326 e. The van der Waals surface area contributed by atoms with Crippen molar-refractivity contribution >= 4 is 93.8 Å². The zero-order chi connectivity index (χ0) is 83.5. The molecule has 0 saturated carbocycles. The molecule has 7 aromatic rings. The number of carboxylic acid groups (broad SMARTS) is 1. The van der Waals surface area contributed by atoms with Crippen LogP contribution in [0.1, 0.15) is 66.0 Å². The number of H-pyrrole nitrogens is 1. The molecule has 1 heterocycles. The predicted molar refractivity (Wildman–Crippen MR) is 422 cm³/mol. The number of hydrogen-bond acceptors (Lipinski definition) is 19. The normalized spacial score (nSPS) is 13.8. The van der Waals surface area contributed by atoms with Crippen LogP contribution in [0.5, 0.6) is 11.5 Å². The molecule has 36 heteroatoms. The number of aliphatic hydroxyl groups excluding tert-OH is 2. The fourth-order valence-electron chi connectivity index (χ4n) is 12.1. The number of para-hydroxylation sites is 1. The van der Waals surface area contributed by atoms with E-state index in [1.165, 1.54) is 55.5 Å². The summed E-state index contributed by atoms with van der Waals surface area (Å²) in [6.45, 7) is -1.55. The number of carbonyl (C=O) groups is 12. The molecule has 0 unspecified atom stereocenters. The molecule has 0 aliphatic carbocycles. The second-order valence-electron chi connectivity index (χ2n) is 27.2. The predicted octanol–water partition coefficient (Wildman–Crippen LogP) is -2.76. The molecule has 0 radical (unpaired) electrons. The number of carboxylic acids is 1. The van der Waals surface area contributed by atoms with Crippen molar-refractivity contribution in [2.75, 3.05) is 32.8 Å². The SMILES string of the molecule is C[C@H](N)C(=O)N[C@@H](CCCNC(=N)N)C(=O)NCC(=O)N[C@@H](Cc1ccc(O)cc1)C(=O)N[C@@H](CO)C(=O)N[C@@H](CO)C(=O)N[C@@H](Cc1ccccc1)C(=O)N[C@@H](CCCNC(=N)N)C(=O)N[C@@H](Cc1ccc(O)cc1)C(=O)N[C@@H](Cc1c[nH]c2ccccc12)C(=O)N[C@@H](Cc1ccccc1)C(=O)N[C@@H](Cc1ccccc1)C(=O)O. The van der Waals surface area contributed by atoms with Crippen molar-refractivity contribution in [2.45, 2.75) is 138 Å². The van der Waals surface area contributed by atoms with Gasteiger partial charge in [0.05, 0.1) is 25.8 Å². The number of guanidine groups is 2. The minimum atomic E-state index is -1.94. The molecule has 612 valence electrons. The number of carbonyl (C=O) groups excluding carboxylic acids is 11. The number of aromatic hydroxyl groups is 2. The Morgan fingerprint density at radius 2 is 0.687 bits per heavy atom. The Morgan fingerprint density at radius 1 is 0.374 bits per heavy atom. The number of aromatic nitrogens is 1. The Morgan fingerprint density at radius 3 is 1.08 bits per heavy atom. The van der Waals surface area contributed by atoms with Crippen LogP contribution in [0.25, 0.3) is 10.9 Å². The van der Waals surface area contributed by atoms with Crippen LogP contribution in [0.3, 0.4) is 0 Å². The molecule has 0 bridgehead atoms. The Kier molecular flexibility index (Phi) is 34.8. The van der Waals surface area contributed by atoms with Gasteiger partial charge in [0, 0.05) is 68.7 Å². The standard InChI is InChI=1S/C79H99N19O17/c1-45(80)67(104)90-56(23-13-33-85-78(81)82)68(105)88-42-66(103)89-58(37-49-25-29-52(101)30-26-49)70(107)97-65(44-100)76(113)98-64(43-99)75(112)94-59(35-46-15-5-2-6-16-46)71(108)91-57(24-14-34-86-79(83)84)69(106)92-61(38-50-27-31-53(102)32-28-50)72(109)95-62(40-51-41-87-55-22-12-11-21-54(51)55)74(111)93-60(36-47-17-7-3-8-18-47)73(110)96-63(77(114)115)39-48-19-9-4-10-20-48/h2-12,15-22,25-32,41,45,56-65,87,99-102H,13-14,23-24,33-40,42-44,80H2,1H3,(H,88,105)(H,89,103)(H,90,104)(H,91,108)(H,92,106)(H,93,111)(H,94,112)(H,95,109)(H,96,110)(H,97,107)(H,98,113)(H,114,115)(H4,81,82,85)(H4,83,84,86)/t45-,56-,57-,58-,59-,60-,61-,62-,63-,64-,65-/m0/s1. The van der Waals surface area contributed by atoms with E-state index in [0.29, 0.717) is 44.3 Å². The van der Waals surface area contributed by atoms with Crippen LogP contribution in [0.15, 0.2) is 170 Å². The lowest BCUT2D eigenvalue weighted by Gasteiger charge is -2.28. The third kappa shape index (κ3) is 29.6. The Balaban J connectivity index is 1.12. The first kappa shape index (κ1) is 88.7. The van der Waals surface area contributed by atoms with Gasteiger partial charge in [-0.3, -0.25) is 63.6 Å². The molecule has 11 amide bonds. The summed E-state index contributed by atoms with van der Waals surface area (Å²) >= 11 is 0. The van der Waals surface area contributed by atoms with Crippen molar-refractivity contribution < 1.29 is 83.1 Å². The highest BCUT2D eigenvalue weighted by atomic mass is 16.4. The zero-order valence-electron chi connectivity index (χ0n) is 63.0. The maximum absolute atomic E-state index is 15.3. The number of aromatic amines is 1. The third-order valence-electron chi connectivity index (χ3n) is 18.2. The fourth-order valence-corrected chi connectivity index (χ4v) is 12.1. The molecule has 115 heavy (non-hydrogen) atoms. The van der Waals surface area contributed by atoms with Crippen LogP contribution in [0.2, 0.25) is 0 Å². The van der Waals surface area contributed by atoms with Crippen LogP contribution in [-0.4, -0.2) is 213 Å². The van der Waals surface area contributed by atoms with E-state index < -0.39 is 163 Å². The van der Waals surface area contributed by atoms with Gasteiger partial charge in [-0.25, -0.2) is 4.79 Å². The number of phenolic OH excluding ortho intramolecular Hbond substituents is 2. The largest absolute Gasteiger partial charge is 0.508 e. The highest BCUT2D eigenvalue weighted by Gasteiger charge is 2.37. The fraction of sp³-hybridized carbons (Fsp3) is 0.342. The molecule has 11 atom stereocenters. The number of phenols is 2. The number of fused-ring (bicyclic) bond motifs is 1. The minimum absolute atomic E-state index is 0.0114. The quantitative estimate of drug-likeness (QED) is 0.0104. The molecule has 0 fully saturated rings. The molecule has 0 saturated heterocycles. The van der Waals surface area contributed by atoms with Gasteiger partial charge in [-0.05, 0) is 96.3 Å². The minimum Gasteiger partial charge on any atom is -0.508 e. The van der Waals surface area contributed by atoms with Gasteiger partial charge in [0.2, 0.25) is 65.0 Å². The molecular weight excluding hydrogens is 1490 g/mol. The number of benzene rings is 6. The first-order valence-corrected chi connectivity index (χ1v) is 37.0. The number of rotatable bonds is 45. The molecule has 0 aliphatic heterocycles. The van der Waals surface area contributed by atoms with E-state index in [4.69, 9.17) is 28.0 Å². The molecule has 36 nitrogen and oxygen atoms in total. The number of aliphatic carboxylic acids is 1. The lowest BCUT2D eigenvalue weighted by atomic mass is 9.99. The lowest BCUT2D eigenvalue weighted by Crippen LogP contribution is -2.62. The number of hydrogen-bond donors (Lipinski definition) is 24. The van der Waals surface area contributed by atoms with Gasteiger partial charge in [0.15, 0.2) is 11.9 Å². The summed E-state index contributed by atoms with van der Waals surface area (Å²) in [4.78, 5) is 173. The van der Waals surface area contributed by atoms with Crippen LogP contribution in [-0.2, 0) is 96.1 Å². The summed E-state index contributed by atoms with van der Waals surface area (Å²) in [6.07, 6.45) is 0.210. The summed E-state index contributed by atoms with van der Waals surface area (Å²) in [5.41, 5.74) is 20.2. The summed E-state index contributed by atoms with van der Waals surface area (Å²) < 4.78 is 0. The highest BCUT2D eigenvalue weighted by Crippen LogP contribution is 2.21. The number of aliphatic hydroxyl groups is 2. The zero-order valence-corrected chi connectivity index (χ0v) is 63.0. The van der Waals surface area contributed by atoms with Crippen molar-refractivity contribution in [1.82, 2.24) is 74.1 Å². The number of nitrogens with two attached hydrogens (primary N) is 3. The topological polar surface area (TPSA) is 604 Å². The van der Waals surface area contributed by atoms with E-state index in [2.05, 4.69) is 74.1 Å². The van der Waals surface area contributed by atoms with Crippen molar-refractivity contribution in [2.24, 2.45) is 17.2 Å². The van der Waals surface area contributed by atoms with Crippen molar-refractivity contribution in [3.8, 4) is 11.5 Å². The van der Waals surface area contributed by atoms with Crippen molar-refractivity contribution in [3.63, 3.8) is 0 Å². The van der Waals surface area contributed by atoms with Crippen LogP contribution >= 0.6 is 0 Å². The Labute approximate surface area is 661 Å². The second-order valence-corrected chi connectivity index (χ2v) is 27.2. The van der Waals surface area contributed by atoms with Gasteiger partial charge in [0.25, 0.3) is 0 Å². The molecule has 0 aliphatic rings. The van der Waals surface area contributed by atoms with Gasteiger partial charge < -0.3 is 117 Å². The van der Waals surface area contributed by atoms with Gasteiger partial charge >= 0.3 is 5.97 Å². The monoisotopic (exact) mass is 1590 g/mol. The Bertz CT molecular complexity index is 4460. The van der Waals surface area contributed by atoms with E-state index in [1.54, 1.807) is 121 Å². The number of amides is 11. The van der Waals surface area contributed by atoms with Crippen LogP contribution in [0.4, 0.5) is 0 Å². The van der Waals surface area contributed by atoms with Crippen molar-refractivity contribution in [3.05, 3.63) is 203 Å². The average Bonchev–Trinajstić information content (AvgIpc) is 1.41. The maximum atomic E-state index is 15.3. The average molecular weight is 1590 g/mol. The van der Waals surface area contributed by atoms with Crippen LogP contribution in [0, 0.1) is 10.8 Å². The first-order chi connectivity index (χ1) is 55.1. The lowest BCUT2D eigenvalue weighted by molar-refractivity contribution is -0.142. The third-order valence-corrected chi connectivity index (χ3v) is 18.2. The summed E-state index contributed by atoms with van der Waals surface area (Å²) in [5, 5.41) is 101. The van der Waals surface area contributed by atoms with Gasteiger partial charge in [-0.2, -0.15) is 0 Å². The summed E-state index contributed by atoms with van der Waals surface area (Å²) in [5.74, 6) is -13.2. The van der Waals surface area contributed by atoms with E-state index in [0.717, 1.165) is 0 Å². The Hall–Kier alpha value is -13.5. The van der Waals surface area contributed by atoms with E-state index in [1.807, 2.05) is 0 Å². The highest BCUT2D eigenvalue weighted by molar-refractivity contribution is 6.00. The van der Waals surface area contributed by atoms with E-state index >= 15 is 14.4 Å². The van der Waals surface area contributed by atoms with Crippen LogP contribution < -0.4 is 86.3 Å². The smallest absolute Gasteiger partial charge is 0.326 e. The molecule has 1 aromatic heterocycles. The van der Waals surface area contributed by atoms with Gasteiger partial charge in [0.1, 0.15) is 71.9 Å². The second kappa shape index (κ2) is 45.1. The molecular formula is C79H99N19O17. The van der Waals surface area contributed by atoms with Crippen molar-refractivity contribution in [1.29, 1.82) is 10.8 Å². The van der Waals surface area contributed by atoms with Gasteiger partial charge in [-0.1, -0.05) is 133 Å². The molecule has 27 N–H and O–H groups in total.